The van der Waals surface area contributed by atoms with Crippen molar-refractivity contribution in [3.8, 4) is 0 Å². The van der Waals surface area contributed by atoms with E-state index in [1.165, 1.54) is 25.7 Å². The summed E-state index contributed by atoms with van der Waals surface area (Å²) in [5, 5.41) is 1.75. The fourth-order valence-corrected chi connectivity index (χ4v) is 3.87. The summed E-state index contributed by atoms with van der Waals surface area (Å²) in [5.74, 6) is -0.274. The molecule has 0 saturated heterocycles. The van der Waals surface area contributed by atoms with Crippen molar-refractivity contribution in [2.75, 3.05) is 7.05 Å². The van der Waals surface area contributed by atoms with Crippen LogP contribution in [0.3, 0.4) is 0 Å². The Labute approximate surface area is 126 Å². The van der Waals surface area contributed by atoms with Crippen molar-refractivity contribution in [3.63, 3.8) is 0 Å². The van der Waals surface area contributed by atoms with Gasteiger partial charge in [-0.25, -0.2) is 4.79 Å². The minimum Gasteiger partial charge on any atom is -0.364 e. The predicted molar refractivity (Wildman–Crippen MR) is 81.5 cm³/mol. The summed E-state index contributed by atoms with van der Waals surface area (Å²) in [6, 6.07) is 9.89. The van der Waals surface area contributed by atoms with Crippen molar-refractivity contribution in [1.29, 1.82) is 0 Å². The van der Waals surface area contributed by atoms with Crippen LogP contribution in [0.5, 0.6) is 0 Å². The fourth-order valence-electron chi connectivity index (χ4n) is 3.87. The third-order valence-corrected chi connectivity index (χ3v) is 5.16. The van der Waals surface area contributed by atoms with Gasteiger partial charge in [-0.2, -0.15) is 0 Å². The highest BCUT2D eigenvalue weighted by Gasteiger charge is 2.45. The van der Waals surface area contributed by atoms with Gasteiger partial charge in [-0.1, -0.05) is 18.2 Å². The minimum atomic E-state index is -0.274. The molecule has 3 rings (SSSR count). The van der Waals surface area contributed by atoms with E-state index in [0.29, 0.717) is 23.1 Å². The second-order valence-electron chi connectivity index (χ2n) is 6.69. The lowest BCUT2D eigenvalue weighted by atomic mass is 9.58. The molecule has 0 aromatic heterocycles. The van der Waals surface area contributed by atoms with Crippen LogP contribution in [0, 0.1) is 5.41 Å². The molecule has 2 N–H and O–H groups in total. The Morgan fingerprint density at radius 3 is 2.43 bits per heavy atom. The molecular formula is C17H24N2O2. The molecule has 0 atom stereocenters. The molecule has 1 aromatic carbocycles. The van der Waals surface area contributed by atoms with Crippen LogP contribution in [0.1, 0.15) is 48.9 Å². The second kappa shape index (κ2) is 5.78. The number of benzene rings is 1. The maximum atomic E-state index is 12.1. The van der Waals surface area contributed by atoms with Gasteiger partial charge in [-0.05, 0) is 56.1 Å². The molecule has 0 radical (unpaired) electrons. The Morgan fingerprint density at radius 1 is 1.24 bits per heavy atom. The number of carbonyl (C=O) groups is 1. The van der Waals surface area contributed by atoms with Crippen molar-refractivity contribution in [1.82, 2.24) is 5.06 Å². The zero-order chi connectivity index (χ0) is 14.9. The molecule has 2 aliphatic rings. The Hall–Kier alpha value is -1.39. The Balaban J connectivity index is 1.50. The standard InChI is InChI=1S/C17H24N2O2/c1-19(21-16(20)13-5-3-2-4-6-13)15-7-9-17(10-8-15)11-14(18)12-17/h2-6,14-15H,7-12,18H2,1H3. The van der Waals surface area contributed by atoms with Gasteiger partial charge in [-0.3, -0.25) is 0 Å². The van der Waals surface area contributed by atoms with E-state index >= 15 is 0 Å². The van der Waals surface area contributed by atoms with E-state index in [0.717, 1.165) is 12.8 Å². The van der Waals surface area contributed by atoms with Crippen LogP contribution in [0.25, 0.3) is 0 Å². The summed E-state index contributed by atoms with van der Waals surface area (Å²) < 4.78 is 0. The van der Waals surface area contributed by atoms with Crippen molar-refractivity contribution in [2.45, 2.75) is 50.6 Å². The summed E-state index contributed by atoms with van der Waals surface area (Å²) in [6.45, 7) is 0. The lowest BCUT2D eigenvalue weighted by Gasteiger charge is -2.51. The molecule has 4 heteroatoms. The number of rotatable bonds is 3. The maximum absolute atomic E-state index is 12.1. The normalized spacial score (nSPS) is 32.0. The maximum Gasteiger partial charge on any atom is 0.357 e. The summed E-state index contributed by atoms with van der Waals surface area (Å²) in [6.07, 6.45) is 6.94. The largest absolute Gasteiger partial charge is 0.364 e. The van der Waals surface area contributed by atoms with Crippen molar-refractivity contribution < 1.29 is 9.63 Å². The first kappa shape index (κ1) is 14.5. The van der Waals surface area contributed by atoms with Gasteiger partial charge in [0.1, 0.15) is 0 Å². The molecule has 114 valence electrons. The van der Waals surface area contributed by atoms with Gasteiger partial charge < -0.3 is 10.6 Å². The molecule has 1 spiro atoms. The quantitative estimate of drug-likeness (QED) is 0.869. The van der Waals surface area contributed by atoms with Gasteiger partial charge in [0.15, 0.2) is 0 Å². The lowest BCUT2D eigenvalue weighted by molar-refractivity contribution is -0.136. The van der Waals surface area contributed by atoms with Crippen LogP contribution in [0.2, 0.25) is 0 Å². The molecular weight excluding hydrogens is 264 g/mol. The minimum absolute atomic E-state index is 0.274. The number of nitrogens with two attached hydrogens (primary N) is 1. The molecule has 2 aliphatic carbocycles. The average Bonchev–Trinajstić information content (AvgIpc) is 2.47. The molecule has 0 aliphatic heterocycles. The SMILES string of the molecule is CN(OC(=O)c1ccccc1)C1CCC2(CC1)CC(N)C2. The van der Waals surface area contributed by atoms with E-state index in [-0.39, 0.29) is 5.97 Å². The van der Waals surface area contributed by atoms with E-state index in [1.807, 2.05) is 25.2 Å². The topological polar surface area (TPSA) is 55.6 Å². The van der Waals surface area contributed by atoms with Crippen LogP contribution in [-0.4, -0.2) is 30.2 Å². The van der Waals surface area contributed by atoms with E-state index in [4.69, 9.17) is 10.6 Å². The highest BCUT2D eigenvalue weighted by molar-refractivity contribution is 5.89. The van der Waals surface area contributed by atoms with Crippen LogP contribution in [0.15, 0.2) is 30.3 Å². The van der Waals surface area contributed by atoms with Gasteiger partial charge in [0, 0.05) is 19.1 Å². The van der Waals surface area contributed by atoms with Crippen LogP contribution >= 0.6 is 0 Å². The lowest BCUT2D eigenvalue weighted by Crippen LogP contribution is -2.50. The van der Waals surface area contributed by atoms with E-state index < -0.39 is 0 Å². The Morgan fingerprint density at radius 2 is 1.86 bits per heavy atom. The average molecular weight is 288 g/mol. The molecule has 0 bridgehead atoms. The van der Waals surface area contributed by atoms with Crippen molar-refractivity contribution in [2.24, 2.45) is 11.1 Å². The summed E-state index contributed by atoms with van der Waals surface area (Å²) in [7, 11) is 1.87. The molecule has 4 nitrogen and oxygen atoms in total. The van der Waals surface area contributed by atoms with Gasteiger partial charge in [0.25, 0.3) is 0 Å². The van der Waals surface area contributed by atoms with Crippen molar-refractivity contribution in [3.05, 3.63) is 35.9 Å². The van der Waals surface area contributed by atoms with Crippen LogP contribution in [-0.2, 0) is 4.84 Å². The van der Waals surface area contributed by atoms with Gasteiger partial charge in [-0.15, -0.1) is 5.06 Å². The zero-order valence-corrected chi connectivity index (χ0v) is 12.6. The predicted octanol–water partition coefficient (Wildman–Crippen LogP) is 2.74. The highest BCUT2D eigenvalue weighted by atomic mass is 16.7. The Bertz CT molecular complexity index is 487. The summed E-state index contributed by atoms with van der Waals surface area (Å²) >= 11 is 0. The van der Waals surface area contributed by atoms with E-state index in [9.17, 15) is 4.79 Å². The number of hydrogen-bond donors (Lipinski definition) is 1. The first-order valence-electron chi connectivity index (χ1n) is 7.84. The number of nitrogens with zero attached hydrogens (tertiary/aromatic N) is 1. The van der Waals surface area contributed by atoms with Crippen LogP contribution in [0.4, 0.5) is 0 Å². The highest BCUT2D eigenvalue weighted by Crippen LogP contribution is 2.51. The van der Waals surface area contributed by atoms with Gasteiger partial charge >= 0.3 is 5.97 Å². The van der Waals surface area contributed by atoms with E-state index in [2.05, 4.69) is 0 Å². The summed E-state index contributed by atoms with van der Waals surface area (Å²) in [4.78, 5) is 17.5. The molecule has 2 saturated carbocycles. The van der Waals surface area contributed by atoms with E-state index in [1.54, 1.807) is 17.2 Å². The monoisotopic (exact) mass is 288 g/mol. The molecule has 0 amide bonds. The van der Waals surface area contributed by atoms with Crippen molar-refractivity contribution >= 4 is 5.97 Å². The Kier molecular flexibility index (Phi) is 4.00. The molecule has 2 fully saturated rings. The second-order valence-corrected chi connectivity index (χ2v) is 6.69. The number of hydrogen-bond acceptors (Lipinski definition) is 4. The molecule has 21 heavy (non-hydrogen) atoms. The first-order chi connectivity index (χ1) is 10.1. The third kappa shape index (κ3) is 3.11. The zero-order valence-electron chi connectivity index (χ0n) is 12.6. The number of hydroxylamine groups is 2. The number of carbonyl (C=O) groups excluding carboxylic acids is 1. The third-order valence-electron chi connectivity index (χ3n) is 5.16. The molecule has 1 aromatic rings. The van der Waals surface area contributed by atoms with Gasteiger partial charge in [0.05, 0.1) is 5.56 Å². The smallest absolute Gasteiger partial charge is 0.357 e. The van der Waals surface area contributed by atoms with Crippen LogP contribution < -0.4 is 5.73 Å². The first-order valence-corrected chi connectivity index (χ1v) is 7.84. The summed E-state index contributed by atoms with van der Waals surface area (Å²) in [5.41, 5.74) is 7.03. The van der Waals surface area contributed by atoms with Gasteiger partial charge in [0.2, 0.25) is 0 Å². The fraction of sp³-hybridized carbons (Fsp3) is 0.588. The molecule has 0 unspecified atom stereocenters. The molecule has 0 heterocycles.